The number of aromatic hydroxyl groups is 1. The van der Waals surface area contributed by atoms with E-state index in [0.717, 1.165) is 23.9 Å². The van der Waals surface area contributed by atoms with Crippen LogP contribution in [0, 0.1) is 10.1 Å². The van der Waals surface area contributed by atoms with Crippen LogP contribution in [0.25, 0.3) is 0 Å². The minimum absolute atomic E-state index is 0.0226. The van der Waals surface area contributed by atoms with Gasteiger partial charge < -0.3 is 15.3 Å². The van der Waals surface area contributed by atoms with Crippen molar-refractivity contribution in [2.24, 2.45) is 0 Å². The van der Waals surface area contributed by atoms with E-state index in [1.54, 1.807) is 0 Å². The zero-order valence-corrected chi connectivity index (χ0v) is 10.8. The maximum absolute atomic E-state index is 10.7. The lowest BCUT2D eigenvalue weighted by atomic mass is 10.0. The predicted molar refractivity (Wildman–Crippen MR) is 68.9 cm³/mol. The molecule has 0 aliphatic carbocycles. The maximum Gasteiger partial charge on any atom is 0.311 e. The molecular weight excluding hydrogens is 274 g/mol. The molecule has 7 nitrogen and oxygen atoms in total. The molecule has 0 spiro atoms. The fraction of sp³-hybridized carbons (Fsp3) is 0.364. The zero-order chi connectivity index (χ0) is 14.6. The van der Waals surface area contributed by atoms with E-state index < -0.39 is 28.6 Å². The second-order valence-corrected chi connectivity index (χ2v) is 5.02. The van der Waals surface area contributed by atoms with Crippen molar-refractivity contribution in [1.82, 2.24) is 0 Å². The number of rotatable bonds is 5. The Kier molecular flexibility index (Phi) is 5.28. The Morgan fingerprint density at radius 3 is 2.63 bits per heavy atom. The molecule has 0 saturated carbocycles. The zero-order valence-electron chi connectivity index (χ0n) is 10.0. The van der Waals surface area contributed by atoms with Crippen molar-refractivity contribution in [1.29, 1.82) is 0 Å². The summed E-state index contributed by atoms with van der Waals surface area (Å²) in [5, 5.41) is 39.2. The van der Waals surface area contributed by atoms with Gasteiger partial charge in [-0.05, 0) is 11.6 Å². The average Bonchev–Trinajstić information content (AvgIpc) is 2.35. The Bertz CT molecular complexity index is 492. The van der Waals surface area contributed by atoms with E-state index in [-0.39, 0.29) is 16.4 Å². The first kappa shape index (κ1) is 15.4. The molecule has 1 rings (SSSR count). The number of carbonyl (C=O) groups is 1. The smallest absolute Gasteiger partial charge is 0.311 e. The number of hydrogen-bond donors (Lipinski definition) is 3. The SMILES string of the molecule is CC(=O)SCC(O)C(O)c1ccc(O)c([N+](=O)[O-])c1. The van der Waals surface area contributed by atoms with Crippen LogP contribution in [0.15, 0.2) is 18.2 Å². The second-order valence-electron chi connectivity index (χ2n) is 3.82. The number of thioether (sulfide) groups is 1. The topological polar surface area (TPSA) is 121 Å². The monoisotopic (exact) mass is 287 g/mol. The van der Waals surface area contributed by atoms with Gasteiger partial charge in [0.1, 0.15) is 6.10 Å². The molecule has 0 saturated heterocycles. The molecule has 19 heavy (non-hydrogen) atoms. The summed E-state index contributed by atoms with van der Waals surface area (Å²) >= 11 is 0.844. The highest BCUT2D eigenvalue weighted by Crippen LogP contribution is 2.30. The summed E-state index contributed by atoms with van der Waals surface area (Å²) in [7, 11) is 0. The van der Waals surface area contributed by atoms with E-state index in [9.17, 15) is 30.2 Å². The number of nitrogens with zero attached hydrogens (tertiary/aromatic N) is 1. The van der Waals surface area contributed by atoms with Gasteiger partial charge in [0.2, 0.25) is 0 Å². The lowest BCUT2D eigenvalue weighted by Gasteiger charge is -2.17. The van der Waals surface area contributed by atoms with E-state index in [2.05, 4.69) is 0 Å². The molecule has 0 fully saturated rings. The van der Waals surface area contributed by atoms with Crippen molar-refractivity contribution in [3.63, 3.8) is 0 Å². The molecule has 0 bridgehead atoms. The molecule has 2 atom stereocenters. The number of aliphatic hydroxyl groups is 2. The van der Waals surface area contributed by atoms with Crippen molar-refractivity contribution < 1.29 is 25.0 Å². The van der Waals surface area contributed by atoms with Crippen molar-refractivity contribution >= 4 is 22.6 Å². The van der Waals surface area contributed by atoms with E-state index >= 15 is 0 Å². The number of benzene rings is 1. The maximum atomic E-state index is 10.7. The third-order valence-electron chi connectivity index (χ3n) is 2.36. The number of phenols is 1. The molecule has 2 unspecified atom stereocenters. The van der Waals surface area contributed by atoms with Crippen LogP contribution in [0.3, 0.4) is 0 Å². The van der Waals surface area contributed by atoms with E-state index in [0.29, 0.717) is 0 Å². The summed E-state index contributed by atoms with van der Waals surface area (Å²) < 4.78 is 0. The molecule has 8 heteroatoms. The highest BCUT2D eigenvalue weighted by molar-refractivity contribution is 8.13. The van der Waals surface area contributed by atoms with Crippen LogP contribution in [-0.4, -0.2) is 37.2 Å². The third kappa shape index (κ3) is 4.19. The van der Waals surface area contributed by atoms with Crippen LogP contribution in [0.4, 0.5) is 5.69 Å². The van der Waals surface area contributed by atoms with Crippen LogP contribution < -0.4 is 0 Å². The van der Waals surface area contributed by atoms with Crippen molar-refractivity contribution in [2.45, 2.75) is 19.1 Å². The molecule has 0 heterocycles. The predicted octanol–water partition coefficient (Wildman–Crippen LogP) is 0.974. The fourth-order valence-electron chi connectivity index (χ4n) is 1.39. The molecule has 104 valence electrons. The van der Waals surface area contributed by atoms with Gasteiger partial charge in [-0.25, -0.2) is 0 Å². The Hall–Kier alpha value is -1.64. The lowest BCUT2D eigenvalue weighted by Crippen LogP contribution is -2.21. The lowest BCUT2D eigenvalue weighted by molar-refractivity contribution is -0.386. The number of phenolic OH excluding ortho intramolecular Hbond substituents is 1. The first-order chi connectivity index (χ1) is 8.82. The first-order valence-corrected chi connectivity index (χ1v) is 6.28. The molecule has 3 N–H and O–H groups in total. The second kappa shape index (κ2) is 6.50. The van der Waals surface area contributed by atoms with Gasteiger partial charge in [-0.2, -0.15) is 0 Å². The molecule has 1 aromatic rings. The molecule has 1 aromatic carbocycles. The Labute approximate surface area is 113 Å². The Morgan fingerprint density at radius 1 is 1.47 bits per heavy atom. The van der Waals surface area contributed by atoms with Crippen LogP contribution >= 0.6 is 11.8 Å². The summed E-state index contributed by atoms with van der Waals surface area (Å²) in [6.45, 7) is 1.33. The first-order valence-electron chi connectivity index (χ1n) is 5.29. The van der Waals surface area contributed by atoms with Crippen LogP contribution in [0.1, 0.15) is 18.6 Å². The van der Waals surface area contributed by atoms with E-state index in [1.807, 2.05) is 0 Å². The van der Waals surface area contributed by atoms with Gasteiger partial charge in [-0.1, -0.05) is 17.8 Å². The summed E-state index contributed by atoms with van der Waals surface area (Å²) in [5.74, 6) is -0.543. The molecule has 0 aromatic heterocycles. The van der Waals surface area contributed by atoms with Gasteiger partial charge in [-0.3, -0.25) is 14.9 Å². The molecule has 0 amide bonds. The number of nitro benzene ring substituents is 1. The summed E-state index contributed by atoms with van der Waals surface area (Å²) in [4.78, 5) is 20.6. The normalized spacial score (nSPS) is 13.8. The van der Waals surface area contributed by atoms with Gasteiger partial charge in [0.05, 0.1) is 11.0 Å². The Balaban J connectivity index is 2.87. The fourth-order valence-corrected chi connectivity index (χ4v) is 1.97. The van der Waals surface area contributed by atoms with Gasteiger partial charge in [-0.15, -0.1) is 0 Å². The number of hydrogen-bond acceptors (Lipinski definition) is 7. The van der Waals surface area contributed by atoms with Crippen LogP contribution in [-0.2, 0) is 4.79 Å². The minimum Gasteiger partial charge on any atom is -0.502 e. The minimum atomic E-state index is -1.37. The molecule has 0 aliphatic rings. The average molecular weight is 287 g/mol. The molecule has 0 aliphatic heterocycles. The largest absolute Gasteiger partial charge is 0.502 e. The van der Waals surface area contributed by atoms with Crippen molar-refractivity contribution in [3.8, 4) is 5.75 Å². The third-order valence-corrected chi connectivity index (χ3v) is 3.27. The summed E-state index contributed by atoms with van der Waals surface area (Å²) in [5.41, 5.74) is -0.455. The number of nitro groups is 1. The number of aliphatic hydroxyl groups excluding tert-OH is 2. The van der Waals surface area contributed by atoms with Gasteiger partial charge in [0.15, 0.2) is 10.9 Å². The van der Waals surface area contributed by atoms with Crippen molar-refractivity contribution in [3.05, 3.63) is 33.9 Å². The summed E-state index contributed by atoms with van der Waals surface area (Å²) in [6.07, 6.45) is -2.61. The standard InChI is InChI=1S/C11H13NO6S/c1-6(13)19-5-10(15)11(16)7-2-3-9(14)8(4-7)12(17)18/h2-4,10-11,14-16H,5H2,1H3. The number of carbonyl (C=O) groups excluding carboxylic acids is 1. The summed E-state index contributed by atoms with van der Waals surface area (Å²) in [6, 6.07) is 3.33. The van der Waals surface area contributed by atoms with E-state index in [1.165, 1.54) is 13.0 Å². The van der Waals surface area contributed by atoms with Gasteiger partial charge in [0, 0.05) is 18.7 Å². The molecular formula is C11H13NO6S. The quantitative estimate of drug-likeness (QED) is 0.545. The highest BCUT2D eigenvalue weighted by atomic mass is 32.2. The van der Waals surface area contributed by atoms with Crippen LogP contribution in [0.5, 0.6) is 5.75 Å². The van der Waals surface area contributed by atoms with Gasteiger partial charge in [0.25, 0.3) is 0 Å². The highest BCUT2D eigenvalue weighted by Gasteiger charge is 2.23. The van der Waals surface area contributed by atoms with Crippen molar-refractivity contribution in [2.75, 3.05) is 5.75 Å². The Morgan fingerprint density at radius 2 is 2.11 bits per heavy atom. The molecule has 0 radical (unpaired) electrons. The van der Waals surface area contributed by atoms with Crippen LogP contribution in [0.2, 0.25) is 0 Å². The van der Waals surface area contributed by atoms with Gasteiger partial charge >= 0.3 is 5.69 Å². The van der Waals surface area contributed by atoms with E-state index in [4.69, 9.17) is 0 Å².